The van der Waals surface area contributed by atoms with Crippen molar-refractivity contribution in [1.82, 2.24) is 4.90 Å². The molecule has 0 aliphatic carbocycles. The van der Waals surface area contributed by atoms with E-state index in [-0.39, 0.29) is 5.91 Å². The summed E-state index contributed by atoms with van der Waals surface area (Å²) in [4.78, 5) is 19.0. The number of carbonyl (C=O) groups excluding carboxylic acids is 1. The van der Waals surface area contributed by atoms with Gasteiger partial charge in [0.05, 0.1) is 18.1 Å². The molecule has 1 saturated heterocycles. The van der Waals surface area contributed by atoms with E-state index in [1.54, 1.807) is 6.08 Å². The lowest BCUT2D eigenvalue weighted by molar-refractivity contribution is -0.113. The van der Waals surface area contributed by atoms with Crippen LogP contribution in [0.1, 0.15) is 5.56 Å². The zero-order valence-electron chi connectivity index (χ0n) is 12.7. The van der Waals surface area contributed by atoms with Crippen LogP contribution in [0.4, 0.5) is 0 Å². The van der Waals surface area contributed by atoms with Crippen molar-refractivity contribution in [1.29, 1.82) is 0 Å². The lowest BCUT2D eigenvalue weighted by atomic mass is 10.2. The van der Waals surface area contributed by atoms with Gasteiger partial charge in [-0.25, -0.2) is 0 Å². The molecule has 1 aromatic rings. The second kappa shape index (κ2) is 7.48. The van der Waals surface area contributed by atoms with Crippen LogP contribution in [0.15, 0.2) is 46.8 Å². The topological polar surface area (TPSA) is 51.1 Å². The third-order valence-electron chi connectivity index (χ3n) is 3.45. The van der Waals surface area contributed by atoms with Crippen LogP contribution in [-0.2, 0) is 9.53 Å². The summed E-state index contributed by atoms with van der Waals surface area (Å²) in [5.74, 6) is 0.531. The highest BCUT2D eigenvalue weighted by Gasteiger charge is 2.27. The van der Waals surface area contributed by atoms with E-state index in [4.69, 9.17) is 9.47 Å². The summed E-state index contributed by atoms with van der Waals surface area (Å²) >= 11 is 1.41. The Labute approximate surface area is 139 Å². The second-order valence-corrected chi connectivity index (χ2v) is 6.06. The quantitative estimate of drug-likeness (QED) is 0.627. The first-order chi connectivity index (χ1) is 11.3. The third-order valence-corrected chi connectivity index (χ3v) is 4.50. The number of ether oxygens (including phenoxy) is 2. The number of hydrogen-bond acceptors (Lipinski definition) is 5. The van der Waals surface area contributed by atoms with E-state index >= 15 is 0 Å². The fraction of sp³-hybridized carbons (Fsp3) is 0.294. The Kier molecular flexibility index (Phi) is 5.15. The molecule has 1 aromatic carbocycles. The standard InChI is InChI=1S/C17H18N2O3S/c1-2-9-22-14-6-4-3-5-13(14)12-15-16(20)18-17(23-15)19-7-10-21-11-8-19/h2-6,12H,1,7-11H2. The normalized spacial score (nSPS) is 19.8. The summed E-state index contributed by atoms with van der Waals surface area (Å²) < 4.78 is 11.0. The minimum Gasteiger partial charge on any atom is -0.489 e. The Morgan fingerprint density at radius 3 is 2.91 bits per heavy atom. The van der Waals surface area contributed by atoms with Gasteiger partial charge in [0.25, 0.3) is 5.91 Å². The molecule has 23 heavy (non-hydrogen) atoms. The maximum absolute atomic E-state index is 12.2. The van der Waals surface area contributed by atoms with E-state index in [9.17, 15) is 4.79 Å². The molecule has 0 saturated carbocycles. The largest absolute Gasteiger partial charge is 0.489 e. The van der Waals surface area contributed by atoms with Crippen molar-refractivity contribution < 1.29 is 14.3 Å². The van der Waals surface area contributed by atoms with Crippen LogP contribution >= 0.6 is 11.8 Å². The molecule has 3 rings (SSSR count). The minimum absolute atomic E-state index is 0.199. The molecule has 0 radical (unpaired) electrons. The number of hydrogen-bond donors (Lipinski definition) is 0. The number of para-hydroxylation sites is 1. The molecule has 0 bridgehead atoms. The van der Waals surface area contributed by atoms with E-state index in [1.165, 1.54) is 11.8 Å². The van der Waals surface area contributed by atoms with Gasteiger partial charge in [0.1, 0.15) is 12.4 Å². The first-order valence-corrected chi connectivity index (χ1v) is 8.27. The second-order valence-electron chi connectivity index (χ2n) is 5.05. The highest BCUT2D eigenvalue weighted by atomic mass is 32.2. The highest BCUT2D eigenvalue weighted by molar-refractivity contribution is 8.18. The van der Waals surface area contributed by atoms with Crippen molar-refractivity contribution in [2.45, 2.75) is 0 Å². The molecule has 1 fully saturated rings. The van der Waals surface area contributed by atoms with Gasteiger partial charge in [-0.2, -0.15) is 4.99 Å². The average molecular weight is 330 g/mol. The predicted octanol–water partition coefficient (Wildman–Crippen LogP) is 2.55. The Morgan fingerprint density at radius 2 is 2.13 bits per heavy atom. The van der Waals surface area contributed by atoms with Crippen LogP contribution in [0.5, 0.6) is 5.75 Å². The van der Waals surface area contributed by atoms with Crippen LogP contribution in [-0.4, -0.2) is 48.9 Å². The van der Waals surface area contributed by atoms with Gasteiger partial charge >= 0.3 is 0 Å². The van der Waals surface area contributed by atoms with Gasteiger partial charge in [-0.15, -0.1) is 0 Å². The molecule has 0 N–H and O–H groups in total. The maximum atomic E-state index is 12.2. The van der Waals surface area contributed by atoms with E-state index in [2.05, 4.69) is 16.5 Å². The molecule has 2 aliphatic rings. The van der Waals surface area contributed by atoms with Crippen LogP contribution in [0.25, 0.3) is 6.08 Å². The van der Waals surface area contributed by atoms with Crippen molar-refractivity contribution in [3.8, 4) is 5.75 Å². The van der Waals surface area contributed by atoms with E-state index < -0.39 is 0 Å². The molecule has 5 nitrogen and oxygen atoms in total. The van der Waals surface area contributed by atoms with Crippen LogP contribution in [0.3, 0.4) is 0 Å². The first-order valence-electron chi connectivity index (χ1n) is 7.46. The Morgan fingerprint density at radius 1 is 1.35 bits per heavy atom. The number of nitrogens with zero attached hydrogens (tertiary/aromatic N) is 2. The monoisotopic (exact) mass is 330 g/mol. The summed E-state index contributed by atoms with van der Waals surface area (Å²) in [5.41, 5.74) is 0.864. The first kappa shape index (κ1) is 15.8. The van der Waals surface area contributed by atoms with Crippen LogP contribution in [0.2, 0.25) is 0 Å². The predicted molar refractivity (Wildman–Crippen MR) is 92.5 cm³/mol. The summed E-state index contributed by atoms with van der Waals surface area (Å²) in [6, 6.07) is 7.62. The summed E-state index contributed by atoms with van der Waals surface area (Å²) in [7, 11) is 0. The molecule has 2 heterocycles. The molecule has 0 unspecified atom stereocenters. The lowest BCUT2D eigenvalue weighted by Crippen LogP contribution is -2.38. The Bertz CT molecular complexity index is 664. The Hall–Kier alpha value is -2.05. The van der Waals surface area contributed by atoms with Gasteiger partial charge in [0.2, 0.25) is 0 Å². The summed E-state index contributed by atoms with van der Waals surface area (Å²) in [5, 5.41) is 0.758. The number of morpholine rings is 1. The van der Waals surface area contributed by atoms with E-state index in [0.717, 1.165) is 29.6 Å². The number of carbonyl (C=O) groups is 1. The maximum Gasteiger partial charge on any atom is 0.286 e. The van der Waals surface area contributed by atoms with Gasteiger partial charge in [-0.1, -0.05) is 30.9 Å². The number of amides is 1. The molecule has 6 heteroatoms. The number of amidine groups is 1. The van der Waals surface area contributed by atoms with Gasteiger partial charge in [0, 0.05) is 18.7 Å². The molecule has 2 aliphatic heterocycles. The van der Waals surface area contributed by atoms with Gasteiger partial charge in [0.15, 0.2) is 5.17 Å². The van der Waals surface area contributed by atoms with Gasteiger partial charge in [-0.3, -0.25) is 4.79 Å². The number of benzene rings is 1. The zero-order chi connectivity index (χ0) is 16.1. The number of rotatable bonds is 4. The van der Waals surface area contributed by atoms with Crippen LogP contribution < -0.4 is 4.74 Å². The molecule has 0 spiro atoms. The van der Waals surface area contributed by atoms with Gasteiger partial charge in [-0.05, 0) is 23.9 Å². The zero-order valence-corrected chi connectivity index (χ0v) is 13.6. The molecule has 0 aromatic heterocycles. The molecular weight excluding hydrogens is 312 g/mol. The van der Waals surface area contributed by atoms with Crippen molar-refractivity contribution in [2.24, 2.45) is 4.99 Å². The average Bonchev–Trinajstić information content (AvgIpc) is 2.96. The number of aliphatic imine (C=N–C) groups is 1. The van der Waals surface area contributed by atoms with Crippen molar-refractivity contribution in [3.05, 3.63) is 47.4 Å². The van der Waals surface area contributed by atoms with Gasteiger partial charge < -0.3 is 14.4 Å². The number of thioether (sulfide) groups is 1. The minimum atomic E-state index is -0.199. The summed E-state index contributed by atoms with van der Waals surface area (Å²) in [6.45, 7) is 6.96. The third kappa shape index (κ3) is 3.83. The fourth-order valence-electron chi connectivity index (χ4n) is 2.31. The summed E-state index contributed by atoms with van der Waals surface area (Å²) in [6.07, 6.45) is 3.53. The Balaban J connectivity index is 1.76. The lowest BCUT2D eigenvalue weighted by Gasteiger charge is -2.27. The molecular formula is C17H18N2O3S. The van der Waals surface area contributed by atoms with Crippen molar-refractivity contribution in [3.63, 3.8) is 0 Å². The molecule has 120 valence electrons. The molecule has 1 amide bonds. The van der Waals surface area contributed by atoms with Crippen molar-refractivity contribution >= 4 is 28.9 Å². The fourth-order valence-corrected chi connectivity index (χ4v) is 3.26. The highest BCUT2D eigenvalue weighted by Crippen LogP contribution is 2.32. The van der Waals surface area contributed by atoms with Crippen molar-refractivity contribution in [2.75, 3.05) is 32.9 Å². The van der Waals surface area contributed by atoms with E-state index in [0.29, 0.717) is 24.7 Å². The van der Waals surface area contributed by atoms with Crippen LogP contribution in [0, 0.1) is 0 Å². The smallest absolute Gasteiger partial charge is 0.286 e. The SMILES string of the molecule is C=CCOc1ccccc1C=C1SC(N2CCOCC2)=NC1=O. The molecule has 0 atom stereocenters. The van der Waals surface area contributed by atoms with E-state index in [1.807, 2.05) is 30.3 Å².